The third-order valence-corrected chi connectivity index (χ3v) is 4.74. The molecule has 0 spiro atoms. The minimum Gasteiger partial charge on any atom is -0.494 e. The molecule has 2 nitrogen and oxygen atoms in total. The highest BCUT2D eigenvalue weighted by atomic mass is 35.5. The first kappa shape index (κ1) is 15.2. The first-order valence-corrected chi connectivity index (χ1v) is 8.35. The van der Waals surface area contributed by atoms with Crippen LogP contribution in [0.15, 0.2) is 53.6 Å². The second-order valence-corrected chi connectivity index (χ2v) is 6.48. The molecule has 3 rings (SSSR count). The number of hydrogen-bond donors (Lipinski definition) is 0. The minimum absolute atomic E-state index is 0.762. The maximum Gasteiger partial charge on any atom is 0.145 e. The zero-order valence-electron chi connectivity index (χ0n) is 12.5. The molecule has 22 heavy (non-hydrogen) atoms. The summed E-state index contributed by atoms with van der Waals surface area (Å²) in [6.45, 7) is 2.11. The summed E-state index contributed by atoms with van der Waals surface area (Å²) in [5.41, 5.74) is 3.36. The van der Waals surface area contributed by atoms with Gasteiger partial charge in [-0.1, -0.05) is 35.9 Å². The SMILES string of the molecule is COc1cccc2c(C)cc(SCc3ccc(Cl)cc3)nc12. The van der Waals surface area contributed by atoms with Gasteiger partial charge in [-0.3, -0.25) is 0 Å². The molecular formula is C18H16ClNOS. The molecule has 0 fully saturated rings. The molecule has 0 N–H and O–H groups in total. The highest BCUT2D eigenvalue weighted by Gasteiger charge is 2.08. The zero-order valence-corrected chi connectivity index (χ0v) is 14.0. The predicted octanol–water partition coefficient (Wildman–Crippen LogP) is 5.50. The smallest absolute Gasteiger partial charge is 0.145 e. The number of nitrogens with zero attached hydrogens (tertiary/aromatic N) is 1. The maximum atomic E-state index is 5.92. The number of benzene rings is 2. The summed E-state index contributed by atoms with van der Waals surface area (Å²) in [6.07, 6.45) is 0. The molecule has 0 aliphatic rings. The fraction of sp³-hybridized carbons (Fsp3) is 0.167. The van der Waals surface area contributed by atoms with Crippen molar-refractivity contribution in [1.29, 1.82) is 0 Å². The molecule has 0 amide bonds. The van der Waals surface area contributed by atoms with Crippen molar-refractivity contribution in [3.63, 3.8) is 0 Å². The van der Waals surface area contributed by atoms with E-state index in [1.807, 2.05) is 36.4 Å². The molecule has 112 valence electrons. The Labute approximate surface area is 139 Å². The average molecular weight is 330 g/mol. The lowest BCUT2D eigenvalue weighted by atomic mass is 10.1. The van der Waals surface area contributed by atoms with E-state index in [1.54, 1.807) is 18.9 Å². The van der Waals surface area contributed by atoms with Gasteiger partial charge < -0.3 is 4.74 Å². The summed E-state index contributed by atoms with van der Waals surface area (Å²) in [5, 5.41) is 2.90. The molecule has 4 heteroatoms. The van der Waals surface area contributed by atoms with Crippen LogP contribution in [0, 0.1) is 6.92 Å². The Morgan fingerprint density at radius 2 is 1.91 bits per heavy atom. The second kappa shape index (κ2) is 6.59. The van der Waals surface area contributed by atoms with E-state index in [9.17, 15) is 0 Å². The van der Waals surface area contributed by atoms with Gasteiger partial charge in [0.15, 0.2) is 0 Å². The number of ether oxygens (including phenoxy) is 1. The number of halogens is 1. The summed E-state index contributed by atoms with van der Waals surface area (Å²) in [5.74, 6) is 1.68. The summed E-state index contributed by atoms with van der Waals surface area (Å²) < 4.78 is 5.43. The molecular weight excluding hydrogens is 314 g/mol. The van der Waals surface area contributed by atoms with Gasteiger partial charge in [0.2, 0.25) is 0 Å². The molecule has 0 radical (unpaired) electrons. The van der Waals surface area contributed by atoms with Crippen molar-refractivity contribution in [1.82, 2.24) is 4.98 Å². The molecule has 0 saturated heterocycles. The van der Waals surface area contributed by atoms with Gasteiger partial charge in [0.25, 0.3) is 0 Å². The first-order valence-electron chi connectivity index (χ1n) is 6.99. The molecule has 0 bridgehead atoms. The van der Waals surface area contributed by atoms with Crippen LogP contribution in [0.2, 0.25) is 5.02 Å². The van der Waals surface area contributed by atoms with Crippen molar-refractivity contribution in [2.75, 3.05) is 7.11 Å². The van der Waals surface area contributed by atoms with Gasteiger partial charge in [0.1, 0.15) is 11.3 Å². The number of aryl methyl sites for hydroxylation is 1. The fourth-order valence-electron chi connectivity index (χ4n) is 2.34. The van der Waals surface area contributed by atoms with Gasteiger partial charge in [0.05, 0.1) is 12.1 Å². The lowest BCUT2D eigenvalue weighted by molar-refractivity contribution is 0.418. The van der Waals surface area contributed by atoms with Crippen molar-refractivity contribution >= 4 is 34.3 Å². The highest BCUT2D eigenvalue weighted by molar-refractivity contribution is 7.98. The Hall–Kier alpha value is -1.71. The van der Waals surface area contributed by atoms with E-state index in [4.69, 9.17) is 21.3 Å². The van der Waals surface area contributed by atoms with Crippen LogP contribution in [-0.4, -0.2) is 12.1 Å². The topological polar surface area (TPSA) is 22.1 Å². The quantitative estimate of drug-likeness (QED) is 0.590. The number of pyridine rings is 1. The van der Waals surface area contributed by atoms with Gasteiger partial charge >= 0.3 is 0 Å². The number of fused-ring (bicyclic) bond motifs is 1. The normalized spacial score (nSPS) is 10.9. The highest BCUT2D eigenvalue weighted by Crippen LogP contribution is 2.30. The maximum absolute atomic E-state index is 5.92. The Bertz CT molecular complexity index is 802. The van der Waals surface area contributed by atoms with Crippen LogP contribution >= 0.6 is 23.4 Å². The molecule has 0 saturated carbocycles. The lowest BCUT2D eigenvalue weighted by Crippen LogP contribution is -1.92. The van der Waals surface area contributed by atoms with E-state index in [1.165, 1.54) is 11.1 Å². The summed E-state index contributed by atoms with van der Waals surface area (Å²) in [7, 11) is 1.68. The molecule has 2 aromatic carbocycles. The summed E-state index contributed by atoms with van der Waals surface area (Å²) in [6, 6.07) is 16.1. The van der Waals surface area contributed by atoms with Crippen molar-refractivity contribution in [2.45, 2.75) is 17.7 Å². The Kier molecular flexibility index (Phi) is 4.55. The Morgan fingerprint density at radius 3 is 2.64 bits per heavy atom. The van der Waals surface area contributed by atoms with Crippen LogP contribution in [-0.2, 0) is 5.75 Å². The molecule has 0 aliphatic carbocycles. The van der Waals surface area contributed by atoms with E-state index >= 15 is 0 Å². The van der Waals surface area contributed by atoms with E-state index < -0.39 is 0 Å². The Balaban J connectivity index is 1.89. The van der Waals surface area contributed by atoms with E-state index in [-0.39, 0.29) is 0 Å². The summed E-state index contributed by atoms with van der Waals surface area (Å²) in [4.78, 5) is 4.75. The van der Waals surface area contributed by atoms with Gasteiger partial charge in [0, 0.05) is 16.2 Å². The van der Waals surface area contributed by atoms with Crippen molar-refractivity contribution in [2.24, 2.45) is 0 Å². The standard InChI is InChI=1S/C18H16ClNOS/c1-12-10-17(22-11-13-6-8-14(19)9-7-13)20-18-15(12)4-3-5-16(18)21-2/h3-10H,11H2,1-2H3. The van der Waals surface area contributed by atoms with Crippen LogP contribution in [0.3, 0.4) is 0 Å². The number of para-hydroxylation sites is 1. The Morgan fingerprint density at radius 1 is 1.14 bits per heavy atom. The third-order valence-electron chi connectivity index (χ3n) is 3.51. The summed E-state index contributed by atoms with van der Waals surface area (Å²) >= 11 is 7.63. The van der Waals surface area contributed by atoms with Gasteiger partial charge in [-0.15, -0.1) is 11.8 Å². The molecule has 0 aliphatic heterocycles. The van der Waals surface area contributed by atoms with Crippen LogP contribution in [0.5, 0.6) is 5.75 Å². The van der Waals surface area contributed by atoms with Crippen molar-refractivity contribution in [3.8, 4) is 5.75 Å². The van der Waals surface area contributed by atoms with Crippen LogP contribution in [0.4, 0.5) is 0 Å². The number of methoxy groups -OCH3 is 1. The minimum atomic E-state index is 0.762. The van der Waals surface area contributed by atoms with Crippen LogP contribution < -0.4 is 4.74 Å². The van der Waals surface area contributed by atoms with Crippen LogP contribution in [0.25, 0.3) is 10.9 Å². The number of rotatable bonds is 4. The van der Waals surface area contributed by atoms with E-state index in [2.05, 4.69) is 19.1 Å². The molecule has 3 aromatic rings. The monoisotopic (exact) mass is 329 g/mol. The van der Waals surface area contributed by atoms with Crippen molar-refractivity contribution < 1.29 is 4.74 Å². The number of thioether (sulfide) groups is 1. The van der Waals surface area contributed by atoms with Crippen LogP contribution in [0.1, 0.15) is 11.1 Å². The van der Waals surface area contributed by atoms with E-state index in [0.717, 1.165) is 32.5 Å². The van der Waals surface area contributed by atoms with Gasteiger partial charge in [-0.05, 0) is 42.3 Å². The third kappa shape index (κ3) is 3.21. The number of hydrogen-bond acceptors (Lipinski definition) is 3. The van der Waals surface area contributed by atoms with E-state index in [0.29, 0.717) is 0 Å². The van der Waals surface area contributed by atoms with Gasteiger partial charge in [-0.25, -0.2) is 4.98 Å². The molecule has 1 aromatic heterocycles. The molecule has 0 atom stereocenters. The molecule has 0 unspecified atom stereocenters. The second-order valence-electron chi connectivity index (χ2n) is 5.05. The molecule has 1 heterocycles. The first-order chi connectivity index (χ1) is 10.7. The van der Waals surface area contributed by atoms with Crippen molar-refractivity contribution in [3.05, 3.63) is 64.7 Å². The predicted molar refractivity (Wildman–Crippen MR) is 94.0 cm³/mol. The number of aromatic nitrogens is 1. The largest absolute Gasteiger partial charge is 0.494 e. The fourth-order valence-corrected chi connectivity index (χ4v) is 3.39. The lowest BCUT2D eigenvalue weighted by Gasteiger charge is -2.09. The van der Waals surface area contributed by atoms with Gasteiger partial charge in [-0.2, -0.15) is 0 Å². The zero-order chi connectivity index (χ0) is 15.5. The average Bonchev–Trinajstić information content (AvgIpc) is 2.54.